The van der Waals surface area contributed by atoms with Crippen LogP contribution >= 0.6 is 0 Å². The first-order valence-electron chi connectivity index (χ1n) is 10.6. The first kappa shape index (κ1) is 20.7. The summed E-state index contributed by atoms with van der Waals surface area (Å²) >= 11 is 0. The van der Waals surface area contributed by atoms with E-state index in [1.165, 1.54) is 0 Å². The Balaban J connectivity index is 1.57. The fraction of sp³-hybridized carbons (Fsp3) is 0.280. The molecule has 6 heteroatoms. The van der Waals surface area contributed by atoms with Gasteiger partial charge in [-0.15, -0.1) is 0 Å². The molecular formula is C25H26N4O2. The van der Waals surface area contributed by atoms with E-state index in [1.54, 1.807) is 41.8 Å². The van der Waals surface area contributed by atoms with Gasteiger partial charge in [0, 0.05) is 56.5 Å². The fourth-order valence-electron chi connectivity index (χ4n) is 4.08. The van der Waals surface area contributed by atoms with Crippen molar-refractivity contribution in [3.05, 3.63) is 84.4 Å². The Morgan fingerprint density at radius 2 is 1.68 bits per heavy atom. The van der Waals surface area contributed by atoms with Gasteiger partial charge in [0.1, 0.15) is 0 Å². The molecule has 1 aromatic carbocycles. The Kier molecular flexibility index (Phi) is 6.36. The van der Waals surface area contributed by atoms with E-state index in [9.17, 15) is 9.59 Å². The molecule has 0 aliphatic carbocycles. The van der Waals surface area contributed by atoms with Gasteiger partial charge in [0.05, 0.1) is 5.92 Å². The van der Waals surface area contributed by atoms with Gasteiger partial charge in [0.2, 0.25) is 5.91 Å². The van der Waals surface area contributed by atoms with Crippen LogP contribution in [0.2, 0.25) is 0 Å². The first-order chi connectivity index (χ1) is 15.2. The maximum Gasteiger partial charge on any atom is 0.254 e. The molecule has 0 radical (unpaired) electrons. The number of carbonyl (C=O) groups is 2. The van der Waals surface area contributed by atoms with Crippen molar-refractivity contribution in [2.75, 3.05) is 26.2 Å². The van der Waals surface area contributed by atoms with Crippen molar-refractivity contribution in [2.45, 2.75) is 13.3 Å². The molecule has 0 unspecified atom stereocenters. The molecular weight excluding hydrogens is 388 g/mol. The summed E-state index contributed by atoms with van der Waals surface area (Å²) in [7, 11) is 0. The van der Waals surface area contributed by atoms with Crippen molar-refractivity contribution in [1.29, 1.82) is 0 Å². The van der Waals surface area contributed by atoms with Gasteiger partial charge < -0.3 is 9.80 Å². The average molecular weight is 415 g/mol. The number of nitrogens with zero attached hydrogens (tertiary/aromatic N) is 4. The summed E-state index contributed by atoms with van der Waals surface area (Å²) in [6.45, 7) is 4.13. The van der Waals surface area contributed by atoms with E-state index in [-0.39, 0.29) is 17.7 Å². The molecule has 1 atom stereocenters. The lowest BCUT2D eigenvalue weighted by Gasteiger charge is -2.24. The summed E-state index contributed by atoms with van der Waals surface area (Å²) in [6.07, 6.45) is 7.39. The van der Waals surface area contributed by atoms with Gasteiger partial charge in [-0.05, 0) is 54.3 Å². The number of benzene rings is 1. The van der Waals surface area contributed by atoms with Crippen LogP contribution in [-0.2, 0) is 11.2 Å². The number of rotatable bonds is 5. The molecule has 2 amide bonds. The molecule has 3 aromatic rings. The lowest BCUT2D eigenvalue weighted by molar-refractivity contribution is -0.134. The smallest absolute Gasteiger partial charge is 0.254 e. The number of carbonyl (C=O) groups excluding carboxylic acids is 2. The van der Waals surface area contributed by atoms with E-state index in [1.807, 2.05) is 36.1 Å². The Morgan fingerprint density at radius 3 is 2.39 bits per heavy atom. The minimum Gasteiger partial charge on any atom is -0.341 e. The van der Waals surface area contributed by atoms with Gasteiger partial charge in [-0.3, -0.25) is 19.6 Å². The predicted octanol–water partition coefficient (Wildman–Crippen LogP) is 3.31. The van der Waals surface area contributed by atoms with Crippen LogP contribution in [0.15, 0.2) is 73.3 Å². The minimum absolute atomic E-state index is 0.0521. The molecule has 1 aliphatic rings. The van der Waals surface area contributed by atoms with Crippen molar-refractivity contribution in [1.82, 2.24) is 19.8 Å². The summed E-state index contributed by atoms with van der Waals surface area (Å²) in [5, 5.41) is 0. The maximum absolute atomic E-state index is 13.2. The van der Waals surface area contributed by atoms with E-state index < -0.39 is 0 Å². The summed E-state index contributed by atoms with van der Waals surface area (Å²) in [4.78, 5) is 38.0. The second-order valence-corrected chi connectivity index (χ2v) is 7.74. The number of amides is 2. The summed E-state index contributed by atoms with van der Waals surface area (Å²) in [6, 6.07) is 15.6. The monoisotopic (exact) mass is 414 g/mol. The zero-order valence-corrected chi connectivity index (χ0v) is 17.6. The second-order valence-electron chi connectivity index (χ2n) is 7.74. The van der Waals surface area contributed by atoms with E-state index in [4.69, 9.17) is 0 Å². The molecule has 4 rings (SSSR count). The quantitative estimate of drug-likeness (QED) is 0.643. The lowest BCUT2D eigenvalue weighted by Crippen LogP contribution is -2.37. The van der Waals surface area contributed by atoms with E-state index >= 15 is 0 Å². The SMILES string of the molecule is CCN1CCN(C(=O)c2ccncc2)C[C@@H](Cc2cccc(-c3ccncc3)c2)C1=O. The minimum atomic E-state index is -0.277. The highest BCUT2D eigenvalue weighted by Crippen LogP contribution is 2.23. The zero-order chi connectivity index (χ0) is 21.6. The Morgan fingerprint density at radius 1 is 0.968 bits per heavy atom. The van der Waals surface area contributed by atoms with E-state index in [0.717, 1.165) is 16.7 Å². The molecule has 1 saturated heterocycles. The van der Waals surface area contributed by atoms with Crippen LogP contribution in [0.4, 0.5) is 0 Å². The number of pyridine rings is 2. The molecule has 158 valence electrons. The van der Waals surface area contributed by atoms with E-state index in [2.05, 4.69) is 22.1 Å². The van der Waals surface area contributed by atoms with Crippen molar-refractivity contribution in [2.24, 2.45) is 5.92 Å². The third kappa shape index (κ3) is 4.79. The van der Waals surface area contributed by atoms with Gasteiger partial charge in [0.15, 0.2) is 0 Å². The normalized spacial score (nSPS) is 16.8. The highest BCUT2D eigenvalue weighted by molar-refractivity contribution is 5.94. The van der Waals surface area contributed by atoms with Crippen LogP contribution in [0.25, 0.3) is 11.1 Å². The third-order valence-corrected chi connectivity index (χ3v) is 5.76. The Hall–Kier alpha value is -3.54. The summed E-state index contributed by atoms with van der Waals surface area (Å²) in [5.74, 6) is -0.216. The molecule has 0 N–H and O–H groups in total. The number of hydrogen-bond donors (Lipinski definition) is 0. The van der Waals surface area contributed by atoms with Crippen LogP contribution < -0.4 is 0 Å². The molecule has 3 heterocycles. The van der Waals surface area contributed by atoms with E-state index in [0.29, 0.717) is 38.2 Å². The highest BCUT2D eigenvalue weighted by atomic mass is 16.2. The standard InChI is InChI=1S/C25H26N4O2/c1-2-28-14-15-29(24(30)21-8-12-27-13-9-21)18-23(25(28)31)17-19-4-3-5-22(16-19)20-6-10-26-11-7-20/h3-13,16,23H,2,14-15,17-18H2,1H3/t23-/m1/s1. The number of likely N-dealkylation sites (N-methyl/N-ethyl adjacent to an activating group) is 1. The molecule has 0 spiro atoms. The molecule has 31 heavy (non-hydrogen) atoms. The van der Waals surface area contributed by atoms with Gasteiger partial charge in [0.25, 0.3) is 5.91 Å². The number of aromatic nitrogens is 2. The van der Waals surface area contributed by atoms with Crippen molar-refractivity contribution in [3.8, 4) is 11.1 Å². The zero-order valence-electron chi connectivity index (χ0n) is 17.6. The van der Waals surface area contributed by atoms with Crippen LogP contribution in [0.3, 0.4) is 0 Å². The molecule has 0 saturated carbocycles. The van der Waals surface area contributed by atoms with Crippen LogP contribution in [0, 0.1) is 5.92 Å². The topological polar surface area (TPSA) is 66.4 Å². The van der Waals surface area contributed by atoms with Crippen molar-refractivity contribution in [3.63, 3.8) is 0 Å². The van der Waals surface area contributed by atoms with Crippen LogP contribution in [0.1, 0.15) is 22.8 Å². The van der Waals surface area contributed by atoms with Crippen molar-refractivity contribution < 1.29 is 9.59 Å². The Labute approximate surface area is 182 Å². The summed E-state index contributed by atoms with van der Waals surface area (Å²) in [5.41, 5.74) is 3.87. The van der Waals surface area contributed by atoms with Crippen molar-refractivity contribution >= 4 is 11.8 Å². The lowest BCUT2D eigenvalue weighted by atomic mass is 9.95. The Bertz CT molecular complexity index is 1040. The average Bonchev–Trinajstić information content (AvgIpc) is 2.98. The molecule has 6 nitrogen and oxygen atoms in total. The highest BCUT2D eigenvalue weighted by Gasteiger charge is 2.32. The van der Waals surface area contributed by atoms with Gasteiger partial charge in [-0.25, -0.2) is 0 Å². The molecule has 1 aliphatic heterocycles. The second kappa shape index (κ2) is 9.51. The van der Waals surface area contributed by atoms with Gasteiger partial charge >= 0.3 is 0 Å². The summed E-state index contributed by atoms with van der Waals surface area (Å²) < 4.78 is 0. The fourth-order valence-corrected chi connectivity index (χ4v) is 4.08. The van der Waals surface area contributed by atoms with Crippen LogP contribution in [0.5, 0.6) is 0 Å². The first-order valence-corrected chi connectivity index (χ1v) is 10.6. The van der Waals surface area contributed by atoms with Gasteiger partial charge in [-0.1, -0.05) is 24.3 Å². The predicted molar refractivity (Wildman–Crippen MR) is 119 cm³/mol. The van der Waals surface area contributed by atoms with Crippen LogP contribution in [-0.4, -0.2) is 57.8 Å². The largest absolute Gasteiger partial charge is 0.341 e. The third-order valence-electron chi connectivity index (χ3n) is 5.76. The van der Waals surface area contributed by atoms with Gasteiger partial charge in [-0.2, -0.15) is 0 Å². The molecule has 2 aromatic heterocycles. The number of hydrogen-bond acceptors (Lipinski definition) is 4. The molecule has 1 fully saturated rings. The maximum atomic E-state index is 13.2. The molecule has 0 bridgehead atoms.